The molecule has 0 bridgehead atoms. The number of hydrogen-bond donors (Lipinski definition) is 1. The van der Waals surface area contributed by atoms with Crippen LogP contribution >= 0.6 is 0 Å². The fourth-order valence-electron chi connectivity index (χ4n) is 3.08. The Hall–Kier alpha value is -2.38. The zero-order chi connectivity index (χ0) is 19.5. The number of carbonyl (C=O) groups excluding carboxylic acids is 1. The highest BCUT2D eigenvalue weighted by Gasteiger charge is 2.31. The first-order valence-electron chi connectivity index (χ1n) is 9.17. The summed E-state index contributed by atoms with van der Waals surface area (Å²) >= 11 is 0. The molecule has 3 rings (SSSR count). The van der Waals surface area contributed by atoms with E-state index in [0.29, 0.717) is 24.3 Å². The van der Waals surface area contributed by atoms with Gasteiger partial charge < -0.3 is 14.6 Å². The molecule has 8 nitrogen and oxygen atoms in total. The number of aryl methyl sites for hydroxylation is 1. The summed E-state index contributed by atoms with van der Waals surface area (Å²) in [7, 11) is 0. The van der Waals surface area contributed by atoms with Crippen molar-refractivity contribution in [2.75, 3.05) is 13.1 Å². The molecule has 1 fully saturated rings. The fraction of sp³-hybridized carbons (Fsp3) is 0.667. The van der Waals surface area contributed by atoms with Gasteiger partial charge in [0.25, 0.3) is 5.56 Å². The SMILES string of the molecule is CC.Cc1nc(C2CCCN(C(=O)OC(C)(C)C)C2)n2nc[nH]c(=O)c12. The molecule has 1 unspecified atom stereocenters. The van der Waals surface area contributed by atoms with E-state index in [1.165, 1.54) is 6.33 Å². The third-order valence-electron chi connectivity index (χ3n) is 4.08. The van der Waals surface area contributed by atoms with E-state index in [9.17, 15) is 9.59 Å². The Balaban J connectivity index is 0.00000117. The monoisotopic (exact) mass is 363 g/mol. The molecule has 144 valence electrons. The zero-order valence-corrected chi connectivity index (χ0v) is 16.5. The summed E-state index contributed by atoms with van der Waals surface area (Å²) < 4.78 is 7.06. The third-order valence-corrected chi connectivity index (χ3v) is 4.08. The highest BCUT2D eigenvalue weighted by atomic mass is 16.6. The van der Waals surface area contributed by atoms with Crippen LogP contribution in [0.5, 0.6) is 0 Å². The third kappa shape index (κ3) is 4.23. The highest BCUT2D eigenvalue weighted by Crippen LogP contribution is 2.27. The molecule has 0 aromatic carbocycles. The molecular formula is C18H29N5O3. The number of likely N-dealkylation sites (tertiary alicyclic amines) is 1. The number of ether oxygens (including phenoxy) is 1. The minimum Gasteiger partial charge on any atom is -0.444 e. The Morgan fingerprint density at radius 1 is 1.35 bits per heavy atom. The number of hydrogen-bond acceptors (Lipinski definition) is 5. The van der Waals surface area contributed by atoms with Crippen molar-refractivity contribution >= 4 is 11.6 Å². The summed E-state index contributed by atoms with van der Waals surface area (Å²) in [6.45, 7) is 12.5. The number of piperidine rings is 1. The number of carbonyl (C=O) groups is 1. The predicted molar refractivity (Wildman–Crippen MR) is 99.5 cm³/mol. The van der Waals surface area contributed by atoms with Gasteiger partial charge >= 0.3 is 6.09 Å². The van der Waals surface area contributed by atoms with Crippen molar-refractivity contribution in [3.63, 3.8) is 0 Å². The minimum absolute atomic E-state index is 0.0294. The molecule has 2 aromatic heterocycles. The number of aromatic nitrogens is 4. The van der Waals surface area contributed by atoms with Crippen molar-refractivity contribution in [1.29, 1.82) is 0 Å². The minimum atomic E-state index is -0.518. The van der Waals surface area contributed by atoms with Gasteiger partial charge in [-0.3, -0.25) is 4.79 Å². The second-order valence-corrected chi connectivity index (χ2v) is 7.20. The van der Waals surface area contributed by atoms with Crippen LogP contribution in [0.3, 0.4) is 0 Å². The van der Waals surface area contributed by atoms with Crippen LogP contribution in [0.2, 0.25) is 0 Å². The van der Waals surface area contributed by atoms with Crippen molar-refractivity contribution in [2.45, 2.75) is 65.9 Å². The number of nitrogens with one attached hydrogen (secondary N) is 1. The maximum absolute atomic E-state index is 12.3. The van der Waals surface area contributed by atoms with E-state index in [4.69, 9.17) is 4.74 Å². The normalized spacial score (nSPS) is 17.6. The molecular weight excluding hydrogens is 334 g/mol. The number of H-pyrrole nitrogens is 1. The quantitative estimate of drug-likeness (QED) is 0.841. The number of aromatic amines is 1. The highest BCUT2D eigenvalue weighted by molar-refractivity contribution is 5.68. The van der Waals surface area contributed by atoms with Crippen molar-refractivity contribution < 1.29 is 9.53 Å². The molecule has 1 atom stereocenters. The predicted octanol–water partition coefficient (Wildman–Crippen LogP) is 2.87. The average molecular weight is 363 g/mol. The molecule has 0 saturated carbocycles. The first kappa shape index (κ1) is 19.9. The summed E-state index contributed by atoms with van der Waals surface area (Å²) in [6, 6.07) is 0. The summed E-state index contributed by atoms with van der Waals surface area (Å²) in [5.41, 5.74) is 0.381. The molecule has 0 aliphatic carbocycles. The van der Waals surface area contributed by atoms with Crippen LogP contribution in [0.4, 0.5) is 4.79 Å². The van der Waals surface area contributed by atoms with Crippen molar-refractivity contribution in [1.82, 2.24) is 24.5 Å². The van der Waals surface area contributed by atoms with Gasteiger partial charge in [0.05, 0.1) is 5.69 Å². The zero-order valence-electron chi connectivity index (χ0n) is 16.5. The maximum atomic E-state index is 12.3. The Kier molecular flexibility index (Phi) is 6.05. The molecule has 1 aliphatic heterocycles. The first-order valence-corrected chi connectivity index (χ1v) is 9.17. The largest absolute Gasteiger partial charge is 0.444 e. The van der Waals surface area contributed by atoms with Gasteiger partial charge in [-0.25, -0.2) is 14.3 Å². The van der Waals surface area contributed by atoms with Crippen LogP contribution in [0, 0.1) is 6.92 Å². The Morgan fingerprint density at radius 3 is 2.69 bits per heavy atom. The molecule has 8 heteroatoms. The second-order valence-electron chi connectivity index (χ2n) is 7.20. The van der Waals surface area contributed by atoms with Gasteiger partial charge in [0, 0.05) is 19.0 Å². The number of imidazole rings is 1. The lowest BCUT2D eigenvalue weighted by Crippen LogP contribution is -2.42. The molecule has 3 heterocycles. The molecule has 0 radical (unpaired) electrons. The molecule has 1 aliphatic rings. The number of rotatable bonds is 1. The van der Waals surface area contributed by atoms with Gasteiger partial charge in [0.1, 0.15) is 17.8 Å². The van der Waals surface area contributed by atoms with Gasteiger partial charge in [-0.2, -0.15) is 5.10 Å². The van der Waals surface area contributed by atoms with Crippen molar-refractivity contribution in [3.05, 3.63) is 28.2 Å². The molecule has 26 heavy (non-hydrogen) atoms. The van der Waals surface area contributed by atoms with Gasteiger partial charge in [-0.15, -0.1) is 0 Å². The van der Waals surface area contributed by atoms with Crippen LogP contribution in [-0.4, -0.2) is 49.3 Å². The van der Waals surface area contributed by atoms with Crippen LogP contribution in [0.1, 0.15) is 64.9 Å². The van der Waals surface area contributed by atoms with Gasteiger partial charge in [0.15, 0.2) is 5.52 Å². The summed E-state index contributed by atoms with van der Waals surface area (Å²) in [6.07, 6.45) is 2.82. The van der Waals surface area contributed by atoms with E-state index in [-0.39, 0.29) is 17.6 Å². The van der Waals surface area contributed by atoms with Gasteiger partial charge in [0.2, 0.25) is 0 Å². The van der Waals surface area contributed by atoms with Crippen LogP contribution < -0.4 is 5.56 Å². The van der Waals surface area contributed by atoms with Crippen LogP contribution in [0.15, 0.2) is 11.1 Å². The maximum Gasteiger partial charge on any atom is 0.410 e. The average Bonchev–Trinajstić information content (AvgIpc) is 2.93. The fourth-order valence-corrected chi connectivity index (χ4v) is 3.08. The van der Waals surface area contributed by atoms with Crippen molar-refractivity contribution in [3.8, 4) is 0 Å². The van der Waals surface area contributed by atoms with Crippen LogP contribution in [-0.2, 0) is 4.74 Å². The van der Waals surface area contributed by atoms with E-state index in [1.807, 2.05) is 34.6 Å². The van der Waals surface area contributed by atoms with E-state index in [2.05, 4.69) is 15.1 Å². The second kappa shape index (κ2) is 7.88. The molecule has 0 spiro atoms. The lowest BCUT2D eigenvalue weighted by molar-refractivity contribution is 0.0195. The number of fused-ring (bicyclic) bond motifs is 1. The van der Waals surface area contributed by atoms with E-state index in [0.717, 1.165) is 18.7 Å². The number of amides is 1. The summed E-state index contributed by atoms with van der Waals surface area (Å²) in [5, 5.41) is 4.23. The lowest BCUT2D eigenvalue weighted by Gasteiger charge is -2.33. The van der Waals surface area contributed by atoms with E-state index >= 15 is 0 Å². The Morgan fingerprint density at radius 2 is 2.04 bits per heavy atom. The molecule has 1 saturated heterocycles. The van der Waals surface area contributed by atoms with Crippen molar-refractivity contribution in [2.24, 2.45) is 0 Å². The topological polar surface area (TPSA) is 92.6 Å². The van der Waals surface area contributed by atoms with Gasteiger partial charge in [-0.05, 0) is 40.5 Å². The van der Waals surface area contributed by atoms with Crippen LogP contribution in [0.25, 0.3) is 5.52 Å². The Bertz CT molecular complexity index is 818. The lowest BCUT2D eigenvalue weighted by atomic mass is 9.97. The first-order chi connectivity index (χ1) is 12.3. The van der Waals surface area contributed by atoms with E-state index < -0.39 is 5.60 Å². The molecule has 1 amide bonds. The molecule has 1 N–H and O–H groups in total. The number of nitrogens with zero attached hydrogens (tertiary/aromatic N) is 4. The van der Waals surface area contributed by atoms with Gasteiger partial charge in [-0.1, -0.05) is 13.8 Å². The smallest absolute Gasteiger partial charge is 0.410 e. The summed E-state index contributed by atoms with van der Waals surface area (Å²) in [5.74, 6) is 0.753. The summed E-state index contributed by atoms with van der Waals surface area (Å²) in [4.78, 5) is 33.1. The Labute approximate surface area is 153 Å². The van der Waals surface area contributed by atoms with E-state index in [1.54, 1.807) is 16.3 Å². The standard InChI is InChI=1S/C16H23N5O3.C2H6/c1-10-12-14(22)17-9-18-21(12)13(19-10)11-6-5-7-20(8-11)15(23)24-16(2,3)4;1-2/h9,11H,5-8H2,1-4H3,(H,17,18,22);1-2H3. The molecule has 2 aromatic rings.